The van der Waals surface area contributed by atoms with Crippen molar-refractivity contribution in [3.05, 3.63) is 53.2 Å². The molecule has 1 atom stereocenters. The average molecular weight is 514 g/mol. The lowest BCUT2D eigenvalue weighted by atomic mass is 10.0. The summed E-state index contributed by atoms with van der Waals surface area (Å²) >= 11 is 0. The number of rotatable bonds is 5. The predicted molar refractivity (Wildman–Crippen MR) is 127 cm³/mol. The predicted octanol–water partition coefficient (Wildman–Crippen LogP) is 2.83. The van der Waals surface area contributed by atoms with Crippen LogP contribution >= 0.6 is 0 Å². The molecule has 0 aliphatic carbocycles. The second-order valence-corrected chi connectivity index (χ2v) is 9.38. The average Bonchev–Trinajstić information content (AvgIpc) is 3.18. The van der Waals surface area contributed by atoms with Gasteiger partial charge in [-0.1, -0.05) is 12.1 Å². The van der Waals surface area contributed by atoms with Gasteiger partial charge in [-0.2, -0.15) is 0 Å². The smallest absolute Gasteiger partial charge is 0.412 e. The Morgan fingerprint density at radius 1 is 1.22 bits per heavy atom. The zero-order chi connectivity index (χ0) is 26.2. The van der Waals surface area contributed by atoms with Crippen LogP contribution in [-0.4, -0.2) is 58.8 Å². The summed E-state index contributed by atoms with van der Waals surface area (Å²) in [7, 11) is 0. The van der Waals surface area contributed by atoms with Crippen LogP contribution in [-0.2, 0) is 27.5 Å². The van der Waals surface area contributed by atoms with Gasteiger partial charge in [0.15, 0.2) is 0 Å². The SMILES string of the molecule is O=C1CCC(N2Cc3ccc(COC(=O)Nc4ccc(N5CCCC(F)(F)C5)nc4)cc3C2=O)C(=O)N1. The molecule has 194 valence electrons. The molecule has 2 fully saturated rings. The first-order valence-electron chi connectivity index (χ1n) is 12.0. The first-order chi connectivity index (χ1) is 17.7. The third-order valence-corrected chi connectivity index (χ3v) is 6.67. The topological polar surface area (TPSA) is 121 Å². The lowest BCUT2D eigenvalue weighted by Crippen LogP contribution is -2.52. The van der Waals surface area contributed by atoms with Crippen molar-refractivity contribution in [2.24, 2.45) is 0 Å². The molecule has 4 heterocycles. The third kappa shape index (κ3) is 5.37. The minimum atomic E-state index is -2.74. The Balaban J connectivity index is 1.15. The molecule has 2 saturated heterocycles. The second kappa shape index (κ2) is 9.75. The summed E-state index contributed by atoms with van der Waals surface area (Å²) in [6.45, 7) is 0.272. The maximum atomic E-state index is 13.7. The van der Waals surface area contributed by atoms with E-state index in [4.69, 9.17) is 4.74 Å². The summed E-state index contributed by atoms with van der Waals surface area (Å²) in [5, 5.41) is 4.81. The number of piperidine rings is 2. The van der Waals surface area contributed by atoms with Crippen molar-refractivity contribution in [3.63, 3.8) is 0 Å². The van der Waals surface area contributed by atoms with Crippen LogP contribution in [0.1, 0.15) is 47.2 Å². The highest BCUT2D eigenvalue weighted by molar-refractivity contribution is 6.05. The molecule has 0 saturated carbocycles. The van der Waals surface area contributed by atoms with E-state index >= 15 is 0 Å². The number of anilines is 2. The number of pyridine rings is 1. The van der Waals surface area contributed by atoms with E-state index in [0.29, 0.717) is 35.6 Å². The first kappa shape index (κ1) is 24.6. The number of halogens is 2. The van der Waals surface area contributed by atoms with Gasteiger partial charge in [0.1, 0.15) is 18.5 Å². The van der Waals surface area contributed by atoms with Crippen molar-refractivity contribution in [2.45, 2.75) is 50.8 Å². The summed E-state index contributed by atoms with van der Waals surface area (Å²) in [5.41, 5.74) is 2.11. The monoisotopic (exact) mass is 513 g/mol. The van der Waals surface area contributed by atoms with Crippen molar-refractivity contribution in [2.75, 3.05) is 23.3 Å². The number of benzene rings is 1. The number of alkyl halides is 2. The quantitative estimate of drug-likeness (QED) is 0.590. The Labute approximate surface area is 211 Å². The molecule has 12 heteroatoms. The Morgan fingerprint density at radius 3 is 2.78 bits per heavy atom. The van der Waals surface area contributed by atoms with Gasteiger partial charge in [-0.3, -0.25) is 25.0 Å². The van der Waals surface area contributed by atoms with Crippen LogP contribution < -0.4 is 15.5 Å². The van der Waals surface area contributed by atoms with Gasteiger partial charge >= 0.3 is 6.09 Å². The first-order valence-corrected chi connectivity index (χ1v) is 12.0. The molecule has 1 aromatic heterocycles. The molecule has 2 aromatic rings. The molecule has 37 heavy (non-hydrogen) atoms. The van der Waals surface area contributed by atoms with Crippen molar-refractivity contribution in [3.8, 4) is 0 Å². The Kier molecular flexibility index (Phi) is 6.48. The van der Waals surface area contributed by atoms with Crippen LogP contribution in [0.2, 0.25) is 0 Å². The summed E-state index contributed by atoms with van der Waals surface area (Å²) < 4.78 is 32.6. The largest absolute Gasteiger partial charge is 0.444 e. The second-order valence-electron chi connectivity index (χ2n) is 9.38. The maximum Gasteiger partial charge on any atom is 0.412 e. The molecule has 3 aliphatic rings. The summed E-state index contributed by atoms with van der Waals surface area (Å²) in [6, 6.07) is 7.54. The number of aromatic nitrogens is 1. The van der Waals surface area contributed by atoms with Gasteiger partial charge in [0, 0.05) is 31.5 Å². The molecule has 1 unspecified atom stereocenters. The highest BCUT2D eigenvalue weighted by Gasteiger charge is 2.39. The van der Waals surface area contributed by atoms with Crippen LogP contribution in [0.5, 0.6) is 0 Å². The van der Waals surface area contributed by atoms with E-state index in [1.807, 2.05) is 0 Å². The lowest BCUT2D eigenvalue weighted by molar-refractivity contribution is -0.136. The van der Waals surface area contributed by atoms with Crippen molar-refractivity contribution < 1.29 is 32.7 Å². The molecule has 0 bridgehead atoms. The number of hydrogen-bond acceptors (Lipinski definition) is 7. The van der Waals surface area contributed by atoms with E-state index in [0.717, 1.165) is 5.56 Å². The highest BCUT2D eigenvalue weighted by Crippen LogP contribution is 2.30. The van der Waals surface area contributed by atoms with E-state index < -0.39 is 24.0 Å². The van der Waals surface area contributed by atoms with Crippen LogP contribution in [0.15, 0.2) is 36.5 Å². The molecule has 4 amide bonds. The highest BCUT2D eigenvalue weighted by atomic mass is 19.3. The van der Waals surface area contributed by atoms with E-state index in [1.165, 1.54) is 16.0 Å². The molecule has 10 nitrogen and oxygen atoms in total. The van der Waals surface area contributed by atoms with Gasteiger partial charge in [-0.05, 0) is 42.2 Å². The number of fused-ring (bicyclic) bond motifs is 1. The molecular formula is C25H25F2N5O5. The number of nitrogens with zero attached hydrogens (tertiary/aromatic N) is 3. The molecule has 5 rings (SSSR count). The Bertz CT molecular complexity index is 1250. The zero-order valence-electron chi connectivity index (χ0n) is 19.8. The third-order valence-electron chi connectivity index (χ3n) is 6.67. The fraction of sp³-hybridized carbons (Fsp3) is 0.400. The van der Waals surface area contributed by atoms with Gasteiger partial charge in [0.05, 0.1) is 18.4 Å². The molecule has 1 aromatic carbocycles. The Hall–Kier alpha value is -4.09. The molecule has 0 radical (unpaired) electrons. The fourth-order valence-electron chi connectivity index (χ4n) is 4.80. The van der Waals surface area contributed by atoms with E-state index in [-0.39, 0.29) is 50.8 Å². The zero-order valence-corrected chi connectivity index (χ0v) is 19.8. The summed E-state index contributed by atoms with van der Waals surface area (Å²) in [4.78, 5) is 55.9. The van der Waals surface area contributed by atoms with Crippen molar-refractivity contribution >= 4 is 35.3 Å². The van der Waals surface area contributed by atoms with Crippen LogP contribution in [0.25, 0.3) is 0 Å². The van der Waals surface area contributed by atoms with Gasteiger partial charge in [-0.25, -0.2) is 18.6 Å². The lowest BCUT2D eigenvalue weighted by Gasteiger charge is -2.33. The van der Waals surface area contributed by atoms with E-state index in [9.17, 15) is 28.0 Å². The summed E-state index contributed by atoms with van der Waals surface area (Å²) in [6.07, 6.45) is 1.34. The van der Waals surface area contributed by atoms with E-state index in [1.54, 1.807) is 30.3 Å². The standard InChI is InChI=1S/C25H25F2N5O5/c26-25(27)8-1-9-31(14-25)20-6-4-17(11-28-20)29-24(36)37-13-15-2-3-16-12-32(23(35)18(16)10-15)19-5-7-21(33)30-22(19)34/h2-4,6,10-11,19H,1,5,7-9,12-14H2,(H,29,36)(H,30,33,34). The van der Waals surface area contributed by atoms with Crippen molar-refractivity contribution in [1.29, 1.82) is 0 Å². The van der Waals surface area contributed by atoms with Gasteiger partial charge < -0.3 is 14.5 Å². The Morgan fingerprint density at radius 2 is 2.05 bits per heavy atom. The number of nitrogens with one attached hydrogen (secondary N) is 2. The summed E-state index contributed by atoms with van der Waals surface area (Å²) in [5.74, 6) is -3.47. The molecule has 2 N–H and O–H groups in total. The minimum absolute atomic E-state index is 0.0980. The molecule has 3 aliphatic heterocycles. The minimum Gasteiger partial charge on any atom is -0.444 e. The number of ether oxygens (including phenoxy) is 1. The number of hydrogen-bond donors (Lipinski definition) is 2. The number of amides is 4. The molecule has 0 spiro atoms. The van der Waals surface area contributed by atoms with Gasteiger partial charge in [-0.15, -0.1) is 0 Å². The molecular weight excluding hydrogens is 488 g/mol. The van der Waals surface area contributed by atoms with E-state index in [2.05, 4.69) is 15.6 Å². The maximum absolute atomic E-state index is 13.7. The van der Waals surface area contributed by atoms with Crippen molar-refractivity contribution in [1.82, 2.24) is 15.2 Å². The fourth-order valence-corrected chi connectivity index (χ4v) is 4.80. The van der Waals surface area contributed by atoms with Gasteiger partial charge in [0.25, 0.3) is 11.8 Å². The number of imide groups is 1. The normalized spacial score (nSPS) is 20.9. The number of carbonyl (C=O) groups is 4. The van der Waals surface area contributed by atoms with Crippen LogP contribution in [0.3, 0.4) is 0 Å². The van der Waals surface area contributed by atoms with Gasteiger partial charge in [0.2, 0.25) is 11.8 Å². The number of carbonyl (C=O) groups excluding carboxylic acids is 4. The van der Waals surface area contributed by atoms with Crippen LogP contribution in [0, 0.1) is 0 Å². The van der Waals surface area contributed by atoms with Crippen LogP contribution in [0.4, 0.5) is 25.1 Å².